The number of hydrogen-bond acceptors (Lipinski definition) is 4. The fourth-order valence-electron chi connectivity index (χ4n) is 1.48. The van der Waals surface area contributed by atoms with Gasteiger partial charge in [0, 0.05) is 26.4 Å². The van der Waals surface area contributed by atoms with Crippen molar-refractivity contribution in [3.63, 3.8) is 0 Å². The minimum Gasteiger partial charge on any atom is -0.508 e. The van der Waals surface area contributed by atoms with E-state index in [1.54, 1.807) is 35.4 Å². The normalized spacial score (nSPS) is 10.2. The molecule has 0 spiro atoms. The number of rotatable bonds is 2. The highest BCUT2D eigenvalue weighted by molar-refractivity contribution is 5.40. The van der Waals surface area contributed by atoms with Crippen LogP contribution in [0.15, 0.2) is 41.3 Å². The molecular weight excluding hydrogens is 218 g/mol. The maximum absolute atomic E-state index is 11.8. The fraction of sp³-hybridized carbons (Fsp3) is 0.167. The maximum Gasteiger partial charge on any atom is 0.354 e. The van der Waals surface area contributed by atoms with E-state index < -0.39 is 0 Å². The molecule has 0 saturated heterocycles. The largest absolute Gasteiger partial charge is 0.508 e. The molecule has 0 saturated carbocycles. The number of hydrogen-bond donors (Lipinski definition) is 1. The molecule has 0 aliphatic carbocycles. The van der Waals surface area contributed by atoms with Gasteiger partial charge >= 0.3 is 5.69 Å². The van der Waals surface area contributed by atoms with Crippen molar-refractivity contribution in [1.29, 1.82) is 0 Å². The molecule has 1 N–H and O–H groups in total. The van der Waals surface area contributed by atoms with Crippen LogP contribution in [0.1, 0.15) is 0 Å². The molecule has 5 nitrogen and oxygen atoms in total. The molecular formula is C12H13N3O2. The highest BCUT2D eigenvalue weighted by Crippen LogP contribution is 2.14. The monoisotopic (exact) mass is 231 g/mol. The fourth-order valence-corrected chi connectivity index (χ4v) is 1.48. The zero-order valence-electron chi connectivity index (χ0n) is 9.66. The minimum atomic E-state index is -0.373. The van der Waals surface area contributed by atoms with Gasteiger partial charge in [-0.15, -0.1) is 0 Å². The molecule has 88 valence electrons. The van der Waals surface area contributed by atoms with E-state index >= 15 is 0 Å². The average Bonchev–Trinajstić information content (AvgIpc) is 2.28. The molecule has 0 bridgehead atoms. The summed E-state index contributed by atoms with van der Waals surface area (Å²) < 4.78 is 1.38. The summed E-state index contributed by atoms with van der Waals surface area (Å²) in [5.74, 6) is 0.720. The molecule has 1 heterocycles. The molecule has 0 radical (unpaired) electrons. The predicted molar refractivity (Wildman–Crippen MR) is 65.8 cm³/mol. The Kier molecular flexibility index (Phi) is 2.82. The standard InChI is InChI=1S/C12H13N3O2/c1-14(2)11-6-7-15(12(17)13-11)9-4-3-5-10(16)8-9/h3-8,16H,1-2H3. The van der Waals surface area contributed by atoms with Crippen molar-refractivity contribution < 1.29 is 5.11 Å². The first-order valence-corrected chi connectivity index (χ1v) is 5.14. The number of nitrogens with zero attached hydrogens (tertiary/aromatic N) is 3. The number of aromatic nitrogens is 2. The Bertz CT molecular complexity index is 590. The third kappa shape index (κ3) is 2.28. The van der Waals surface area contributed by atoms with E-state index in [1.165, 1.54) is 10.6 Å². The topological polar surface area (TPSA) is 58.4 Å². The van der Waals surface area contributed by atoms with E-state index in [-0.39, 0.29) is 11.4 Å². The number of anilines is 1. The second kappa shape index (κ2) is 4.29. The van der Waals surface area contributed by atoms with Gasteiger partial charge in [0.25, 0.3) is 0 Å². The summed E-state index contributed by atoms with van der Waals surface area (Å²) in [6.45, 7) is 0. The van der Waals surface area contributed by atoms with Crippen molar-refractivity contribution in [3.8, 4) is 11.4 Å². The first kappa shape index (κ1) is 11.2. The van der Waals surface area contributed by atoms with Crippen LogP contribution < -0.4 is 10.6 Å². The number of phenolic OH excluding ortho intramolecular Hbond substituents is 1. The van der Waals surface area contributed by atoms with Crippen LogP contribution in [0.5, 0.6) is 5.75 Å². The summed E-state index contributed by atoms with van der Waals surface area (Å²) >= 11 is 0. The molecule has 0 amide bonds. The molecule has 1 aromatic carbocycles. The van der Waals surface area contributed by atoms with Crippen LogP contribution in [0, 0.1) is 0 Å². The first-order chi connectivity index (χ1) is 8.08. The molecule has 2 rings (SSSR count). The van der Waals surface area contributed by atoms with Gasteiger partial charge in [0.1, 0.15) is 11.6 Å². The summed E-state index contributed by atoms with van der Waals surface area (Å²) in [7, 11) is 3.64. The van der Waals surface area contributed by atoms with E-state index in [0.717, 1.165) is 0 Å². The Morgan fingerprint density at radius 3 is 2.65 bits per heavy atom. The van der Waals surface area contributed by atoms with Gasteiger partial charge in [0.2, 0.25) is 0 Å². The first-order valence-electron chi connectivity index (χ1n) is 5.14. The Hall–Kier alpha value is -2.30. The molecule has 5 heteroatoms. The van der Waals surface area contributed by atoms with Crippen molar-refractivity contribution in [3.05, 3.63) is 47.0 Å². The smallest absolute Gasteiger partial charge is 0.354 e. The van der Waals surface area contributed by atoms with Gasteiger partial charge < -0.3 is 10.0 Å². The maximum atomic E-state index is 11.8. The van der Waals surface area contributed by atoms with Gasteiger partial charge in [0.15, 0.2) is 0 Å². The molecule has 0 atom stereocenters. The predicted octanol–water partition coefficient (Wildman–Crippen LogP) is 1.00. The van der Waals surface area contributed by atoms with Gasteiger partial charge in [-0.2, -0.15) is 4.98 Å². The molecule has 0 fully saturated rings. The summed E-state index contributed by atoms with van der Waals surface area (Å²) in [5, 5.41) is 9.36. The molecule has 0 aliphatic heterocycles. The Labute approximate surface area is 98.6 Å². The lowest BCUT2D eigenvalue weighted by atomic mass is 10.3. The van der Waals surface area contributed by atoms with Gasteiger partial charge in [-0.25, -0.2) is 4.79 Å². The van der Waals surface area contributed by atoms with Crippen LogP contribution >= 0.6 is 0 Å². The third-order valence-corrected chi connectivity index (χ3v) is 2.36. The van der Waals surface area contributed by atoms with E-state index in [0.29, 0.717) is 11.5 Å². The molecule has 0 aliphatic rings. The van der Waals surface area contributed by atoms with Crippen LogP contribution in [0.2, 0.25) is 0 Å². The molecule has 1 aromatic heterocycles. The summed E-state index contributed by atoms with van der Waals surface area (Å²) in [5.41, 5.74) is 0.217. The second-order valence-corrected chi connectivity index (χ2v) is 3.85. The quantitative estimate of drug-likeness (QED) is 0.837. The van der Waals surface area contributed by atoms with E-state index in [9.17, 15) is 9.90 Å². The van der Waals surface area contributed by atoms with Crippen molar-refractivity contribution in [2.75, 3.05) is 19.0 Å². The Morgan fingerprint density at radius 2 is 2.06 bits per heavy atom. The number of benzene rings is 1. The Balaban J connectivity index is 2.51. The molecule has 17 heavy (non-hydrogen) atoms. The van der Waals surface area contributed by atoms with Gasteiger partial charge in [0.05, 0.1) is 5.69 Å². The van der Waals surface area contributed by atoms with Crippen molar-refractivity contribution in [1.82, 2.24) is 9.55 Å². The van der Waals surface area contributed by atoms with Crippen molar-refractivity contribution in [2.24, 2.45) is 0 Å². The van der Waals surface area contributed by atoms with Crippen molar-refractivity contribution >= 4 is 5.82 Å². The zero-order valence-corrected chi connectivity index (χ0v) is 9.66. The second-order valence-electron chi connectivity index (χ2n) is 3.85. The van der Waals surface area contributed by atoms with Crippen LogP contribution in [0.4, 0.5) is 5.82 Å². The molecule has 0 unspecified atom stereocenters. The lowest BCUT2D eigenvalue weighted by Gasteiger charge is -2.11. The van der Waals surface area contributed by atoms with Gasteiger partial charge in [-0.05, 0) is 18.2 Å². The van der Waals surface area contributed by atoms with E-state index in [1.807, 2.05) is 14.1 Å². The summed E-state index contributed by atoms with van der Waals surface area (Å²) in [6.07, 6.45) is 1.64. The van der Waals surface area contributed by atoms with Crippen LogP contribution in [0.3, 0.4) is 0 Å². The number of aromatic hydroxyl groups is 1. The third-order valence-electron chi connectivity index (χ3n) is 2.36. The van der Waals surface area contributed by atoms with Gasteiger partial charge in [-0.1, -0.05) is 6.07 Å². The average molecular weight is 231 g/mol. The van der Waals surface area contributed by atoms with Crippen LogP contribution in [-0.4, -0.2) is 28.8 Å². The summed E-state index contributed by atoms with van der Waals surface area (Å²) in [6, 6.07) is 8.22. The van der Waals surface area contributed by atoms with Crippen molar-refractivity contribution in [2.45, 2.75) is 0 Å². The van der Waals surface area contributed by atoms with Crippen LogP contribution in [-0.2, 0) is 0 Å². The lowest BCUT2D eigenvalue weighted by molar-refractivity contribution is 0.475. The van der Waals surface area contributed by atoms with Crippen LogP contribution in [0.25, 0.3) is 5.69 Å². The SMILES string of the molecule is CN(C)c1ccn(-c2cccc(O)c2)c(=O)n1. The highest BCUT2D eigenvalue weighted by atomic mass is 16.3. The lowest BCUT2D eigenvalue weighted by Crippen LogP contribution is -2.24. The van der Waals surface area contributed by atoms with Gasteiger partial charge in [-0.3, -0.25) is 4.57 Å². The molecule has 2 aromatic rings. The zero-order chi connectivity index (χ0) is 12.4. The summed E-state index contributed by atoms with van der Waals surface area (Å²) in [4.78, 5) is 17.5. The van der Waals surface area contributed by atoms with E-state index in [4.69, 9.17) is 0 Å². The highest BCUT2D eigenvalue weighted by Gasteiger charge is 2.04. The van der Waals surface area contributed by atoms with E-state index in [2.05, 4.69) is 4.98 Å². The number of phenols is 1. The Morgan fingerprint density at radius 1 is 1.29 bits per heavy atom. The minimum absolute atomic E-state index is 0.117.